The second kappa shape index (κ2) is 6.89. The fourth-order valence-corrected chi connectivity index (χ4v) is 3.09. The van der Waals surface area contributed by atoms with Gasteiger partial charge in [-0.2, -0.15) is 0 Å². The maximum absolute atomic E-state index is 12.4. The van der Waals surface area contributed by atoms with Crippen LogP contribution in [0, 0.1) is 0 Å². The van der Waals surface area contributed by atoms with Crippen molar-refractivity contribution in [3.63, 3.8) is 0 Å². The van der Waals surface area contributed by atoms with E-state index in [1.807, 2.05) is 17.5 Å². The van der Waals surface area contributed by atoms with Crippen molar-refractivity contribution in [2.75, 3.05) is 12.4 Å². The molecule has 0 saturated carbocycles. The molecule has 3 aromatic rings. The van der Waals surface area contributed by atoms with E-state index in [-0.39, 0.29) is 5.91 Å². The molecule has 0 aliphatic carbocycles. The van der Waals surface area contributed by atoms with Gasteiger partial charge in [-0.15, -0.1) is 11.3 Å². The van der Waals surface area contributed by atoms with Crippen molar-refractivity contribution < 1.29 is 9.53 Å². The lowest BCUT2D eigenvalue weighted by molar-refractivity contribution is 0.102. The molecule has 23 heavy (non-hydrogen) atoms. The van der Waals surface area contributed by atoms with E-state index in [4.69, 9.17) is 4.74 Å². The Balaban J connectivity index is 1.80. The maximum atomic E-state index is 12.4. The van der Waals surface area contributed by atoms with Crippen LogP contribution in [-0.4, -0.2) is 23.0 Å². The maximum Gasteiger partial charge on any atom is 0.258 e. The van der Waals surface area contributed by atoms with Crippen molar-refractivity contribution in [3.8, 4) is 17.0 Å². The largest absolute Gasteiger partial charge is 0.497 e. The number of aromatic nitrogens is 2. The van der Waals surface area contributed by atoms with Gasteiger partial charge < -0.3 is 4.74 Å². The van der Waals surface area contributed by atoms with Gasteiger partial charge in [0.25, 0.3) is 5.91 Å². The van der Waals surface area contributed by atoms with Crippen LogP contribution in [0.2, 0.25) is 0 Å². The number of methoxy groups -OCH3 is 1. The average molecular weight is 390 g/mol. The highest BCUT2D eigenvalue weighted by Crippen LogP contribution is 2.27. The Hall–Kier alpha value is -2.25. The summed E-state index contributed by atoms with van der Waals surface area (Å²) in [6.45, 7) is 0. The van der Waals surface area contributed by atoms with Crippen LogP contribution in [0.3, 0.4) is 0 Å². The van der Waals surface area contributed by atoms with Crippen molar-refractivity contribution in [2.24, 2.45) is 0 Å². The first-order valence-corrected chi connectivity index (χ1v) is 8.35. The predicted octanol–water partition coefficient (Wildman–Crippen LogP) is 4.23. The molecular formula is C16H12BrN3O2S. The number of nitrogens with one attached hydrogen (secondary N) is 1. The number of amides is 1. The van der Waals surface area contributed by atoms with Gasteiger partial charge in [-0.25, -0.2) is 4.98 Å². The molecular weight excluding hydrogens is 378 g/mol. The quantitative estimate of drug-likeness (QED) is 0.724. The minimum Gasteiger partial charge on any atom is -0.497 e. The lowest BCUT2D eigenvalue weighted by Gasteiger charge is -2.06. The zero-order chi connectivity index (χ0) is 16.2. The first-order chi connectivity index (χ1) is 11.2. The van der Waals surface area contributed by atoms with Crippen LogP contribution in [0.25, 0.3) is 11.3 Å². The van der Waals surface area contributed by atoms with Gasteiger partial charge in [-0.3, -0.25) is 15.1 Å². The Morgan fingerprint density at radius 2 is 2.22 bits per heavy atom. The Kier molecular flexibility index (Phi) is 4.68. The molecule has 0 unspecified atom stereocenters. The van der Waals surface area contributed by atoms with E-state index in [0.29, 0.717) is 20.9 Å². The highest BCUT2D eigenvalue weighted by molar-refractivity contribution is 9.10. The highest BCUT2D eigenvalue weighted by Gasteiger charge is 2.14. The van der Waals surface area contributed by atoms with Crippen LogP contribution in [-0.2, 0) is 0 Å². The van der Waals surface area contributed by atoms with Crippen molar-refractivity contribution in [1.82, 2.24) is 9.97 Å². The van der Waals surface area contributed by atoms with Crippen LogP contribution < -0.4 is 10.1 Å². The zero-order valence-corrected chi connectivity index (χ0v) is 14.5. The smallest absolute Gasteiger partial charge is 0.258 e. The lowest BCUT2D eigenvalue weighted by atomic mass is 10.2. The van der Waals surface area contributed by atoms with E-state index in [0.717, 1.165) is 11.3 Å². The molecule has 0 atom stereocenters. The number of hydrogen-bond acceptors (Lipinski definition) is 5. The van der Waals surface area contributed by atoms with E-state index in [9.17, 15) is 4.79 Å². The van der Waals surface area contributed by atoms with E-state index < -0.39 is 0 Å². The Bertz CT molecular complexity index is 836. The molecule has 0 aliphatic rings. The number of carbonyl (C=O) groups excluding carboxylic acids is 1. The number of thiazole rings is 1. The topological polar surface area (TPSA) is 64.1 Å². The van der Waals surface area contributed by atoms with Gasteiger partial charge in [-0.05, 0) is 46.3 Å². The molecule has 5 nitrogen and oxygen atoms in total. The molecule has 0 spiro atoms. The molecule has 0 aliphatic heterocycles. The molecule has 7 heteroatoms. The van der Waals surface area contributed by atoms with Crippen molar-refractivity contribution in [1.29, 1.82) is 0 Å². The highest BCUT2D eigenvalue weighted by atomic mass is 79.9. The van der Waals surface area contributed by atoms with Crippen LogP contribution in [0.1, 0.15) is 10.4 Å². The van der Waals surface area contributed by atoms with E-state index >= 15 is 0 Å². The van der Waals surface area contributed by atoms with Crippen LogP contribution in [0.5, 0.6) is 5.75 Å². The predicted molar refractivity (Wildman–Crippen MR) is 94.0 cm³/mol. The van der Waals surface area contributed by atoms with Gasteiger partial charge in [-0.1, -0.05) is 0 Å². The molecule has 3 rings (SSSR count). The summed E-state index contributed by atoms with van der Waals surface area (Å²) in [5.41, 5.74) is 2.18. The minimum absolute atomic E-state index is 0.247. The molecule has 1 aromatic carbocycles. The summed E-state index contributed by atoms with van der Waals surface area (Å²) in [5, 5.41) is 5.22. The van der Waals surface area contributed by atoms with E-state index in [2.05, 4.69) is 31.2 Å². The van der Waals surface area contributed by atoms with Crippen LogP contribution >= 0.6 is 27.3 Å². The number of hydrogen-bond donors (Lipinski definition) is 1. The minimum atomic E-state index is -0.247. The molecule has 116 valence electrons. The number of pyridine rings is 1. The van der Waals surface area contributed by atoms with Gasteiger partial charge >= 0.3 is 0 Å². The molecule has 2 heterocycles. The molecule has 0 saturated heterocycles. The molecule has 1 amide bonds. The third-order valence-electron chi connectivity index (χ3n) is 3.10. The monoisotopic (exact) mass is 389 g/mol. The van der Waals surface area contributed by atoms with E-state index in [1.165, 1.54) is 11.3 Å². The Morgan fingerprint density at radius 3 is 2.96 bits per heavy atom. The number of ether oxygens (including phenoxy) is 1. The lowest BCUT2D eigenvalue weighted by Crippen LogP contribution is -2.12. The standard InChI is InChI=1S/C16H12BrN3O2S/c1-22-11-4-5-13(17)12(7-11)15(21)20-16-19-14(9-23-16)10-3-2-6-18-8-10/h2-9H,1H3,(H,19,20,21). The van der Waals surface area contributed by atoms with Crippen LogP contribution in [0.4, 0.5) is 5.13 Å². The number of nitrogens with zero attached hydrogens (tertiary/aromatic N) is 2. The molecule has 1 N–H and O–H groups in total. The fourth-order valence-electron chi connectivity index (χ4n) is 1.95. The second-order valence-electron chi connectivity index (χ2n) is 4.58. The summed E-state index contributed by atoms with van der Waals surface area (Å²) in [5.74, 6) is 0.372. The molecule has 0 bridgehead atoms. The molecule has 0 fully saturated rings. The first kappa shape index (κ1) is 15.6. The summed E-state index contributed by atoms with van der Waals surface area (Å²) < 4.78 is 5.85. The van der Waals surface area contributed by atoms with Gasteiger partial charge in [0, 0.05) is 27.8 Å². The number of benzene rings is 1. The van der Waals surface area contributed by atoms with Crippen molar-refractivity contribution in [3.05, 3.63) is 58.1 Å². The summed E-state index contributed by atoms with van der Waals surface area (Å²) in [7, 11) is 1.56. The van der Waals surface area contributed by atoms with E-state index in [1.54, 1.807) is 37.7 Å². The van der Waals surface area contributed by atoms with Gasteiger partial charge in [0.15, 0.2) is 5.13 Å². The number of anilines is 1. The third-order valence-corrected chi connectivity index (χ3v) is 4.55. The normalized spacial score (nSPS) is 10.3. The Labute approximate surface area is 145 Å². The summed E-state index contributed by atoms with van der Waals surface area (Å²) >= 11 is 4.74. The SMILES string of the molecule is COc1ccc(Br)c(C(=O)Nc2nc(-c3cccnc3)cs2)c1. The number of halogens is 1. The zero-order valence-electron chi connectivity index (χ0n) is 12.1. The van der Waals surface area contributed by atoms with Gasteiger partial charge in [0.2, 0.25) is 0 Å². The summed E-state index contributed by atoms with van der Waals surface area (Å²) in [6.07, 6.45) is 3.44. The third kappa shape index (κ3) is 3.57. The van der Waals surface area contributed by atoms with Gasteiger partial charge in [0.1, 0.15) is 5.75 Å². The molecule has 2 aromatic heterocycles. The van der Waals surface area contributed by atoms with Gasteiger partial charge in [0.05, 0.1) is 18.4 Å². The Morgan fingerprint density at radius 1 is 1.35 bits per heavy atom. The van der Waals surface area contributed by atoms with Crippen LogP contribution in [0.15, 0.2) is 52.6 Å². The first-order valence-electron chi connectivity index (χ1n) is 6.68. The van der Waals surface area contributed by atoms with Crippen molar-refractivity contribution >= 4 is 38.3 Å². The summed E-state index contributed by atoms with van der Waals surface area (Å²) in [4.78, 5) is 20.9. The fraction of sp³-hybridized carbons (Fsp3) is 0.0625. The second-order valence-corrected chi connectivity index (χ2v) is 6.29. The number of carbonyl (C=O) groups is 1. The summed E-state index contributed by atoms with van der Waals surface area (Å²) in [6, 6.07) is 9.00. The van der Waals surface area contributed by atoms with Crippen molar-refractivity contribution in [2.45, 2.75) is 0 Å². The number of rotatable bonds is 4. The average Bonchev–Trinajstić information content (AvgIpc) is 3.04. The molecule has 0 radical (unpaired) electrons.